The first-order valence-electron chi connectivity index (χ1n) is 7.43. The zero-order valence-corrected chi connectivity index (χ0v) is 13.3. The first kappa shape index (κ1) is 16.4. The summed E-state index contributed by atoms with van der Waals surface area (Å²) in [6, 6.07) is 5.54. The molecular formula is C14H24N4O2S. The van der Waals surface area contributed by atoms with E-state index in [1.54, 1.807) is 10.5 Å². The Bertz CT molecular complexity index is 527. The third kappa shape index (κ3) is 4.00. The van der Waals surface area contributed by atoms with Gasteiger partial charge in [-0.3, -0.25) is 4.98 Å². The van der Waals surface area contributed by atoms with Gasteiger partial charge >= 0.3 is 0 Å². The van der Waals surface area contributed by atoms with Crippen LogP contribution in [0.5, 0.6) is 0 Å². The fourth-order valence-corrected chi connectivity index (χ4v) is 4.19. The molecule has 1 aromatic heterocycles. The molecular weight excluding hydrogens is 288 g/mol. The Labute approximate surface area is 127 Å². The summed E-state index contributed by atoms with van der Waals surface area (Å²) >= 11 is 0. The third-order valence-corrected chi connectivity index (χ3v) is 6.03. The van der Waals surface area contributed by atoms with E-state index in [1.165, 1.54) is 4.31 Å². The highest BCUT2D eigenvalue weighted by molar-refractivity contribution is 7.86. The minimum atomic E-state index is -3.42. The average molecular weight is 312 g/mol. The lowest BCUT2D eigenvalue weighted by Crippen LogP contribution is -2.47. The highest BCUT2D eigenvalue weighted by Crippen LogP contribution is 2.21. The number of rotatable bonds is 6. The molecule has 1 aliphatic heterocycles. The van der Waals surface area contributed by atoms with Gasteiger partial charge in [-0.2, -0.15) is 17.0 Å². The van der Waals surface area contributed by atoms with Crippen molar-refractivity contribution in [1.29, 1.82) is 0 Å². The Kier molecular flexibility index (Phi) is 5.69. The van der Waals surface area contributed by atoms with Crippen LogP contribution in [0, 0.1) is 5.92 Å². The second kappa shape index (κ2) is 7.31. The van der Waals surface area contributed by atoms with Gasteiger partial charge in [0.05, 0.1) is 12.2 Å². The van der Waals surface area contributed by atoms with Gasteiger partial charge in [0.2, 0.25) is 0 Å². The Morgan fingerprint density at radius 3 is 2.62 bits per heavy atom. The van der Waals surface area contributed by atoms with E-state index in [0.717, 1.165) is 18.5 Å². The van der Waals surface area contributed by atoms with E-state index in [9.17, 15) is 8.42 Å². The van der Waals surface area contributed by atoms with Crippen LogP contribution < -0.4 is 5.73 Å². The number of aromatic nitrogens is 1. The molecule has 21 heavy (non-hydrogen) atoms. The van der Waals surface area contributed by atoms with Crippen LogP contribution in [-0.4, -0.2) is 48.2 Å². The highest BCUT2D eigenvalue weighted by atomic mass is 32.2. The minimum absolute atomic E-state index is 0.316. The summed E-state index contributed by atoms with van der Waals surface area (Å²) in [6.07, 6.45) is 3.37. The molecule has 0 radical (unpaired) electrons. The number of hydrogen-bond acceptors (Lipinski definition) is 4. The largest absolute Gasteiger partial charge is 0.330 e. The highest BCUT2D eigenvalue weighted by Gasteiger charge is 2.32. The van der Waals surface area contributed by atoms with Crippen LogP contribution in [0.3, 0.4) is 0 Å². The molecule has 2 N–H and O–H groups in total. The number of pyridine rings is 1. The van der Waals surface area contributed by atoms with Crippen molar-refractivity contribution >= 4 is 10.2 Å². The van der Waals surface area contributed by atoms with Gasteiger partial charge in [-0.05, 0) is 37.4 Å². The SMILES string of the molecule is CCN(Cc1ccccn1)S(=O)(=O)N1CCC(CN)CC1. The Balaban J connectivity index is 2.06. The van der Waals surface area contributed by atoms with Gasteiger partial charge in [-0.15, -0.1) is 0 Å². The van der Waals surface area contributed by atoms with Crippen LogP contribution in [0.15, 0.2) is 24.4 Å². The van der Waals surface area contributed by atoms with E-state index >= 15 is 0 Å². The van der Waals surface area contributed by atoms with Crippen LogP contribution in [0.2, 0.25) is 0 Å². The van der Waals surface area contributed by atoms with E-state index in [4.69, 9.17) is 5.73 Å². The number of nitrogens with zero attached hydrogens (tertiary/aromatic N) is 3. The van der Waals surface area contributed by atoms with Crippen molar-refractivity contribution in [3.63, 3.8) is 0 Å². The van der Waals surface area contributed by atoms with Crippen LogP contribution in [0.1, 0.15) is 25.5 Å². The van der Waals surface area contributed by atoms with Crippen molar-refractivity contribution in [3.8, 4) is 0 Å². The normalized spacial score (nSPS) is 18.2. The Hall–Kier alpha value is -1.02. The van der Waals surface area contributed by atoms with E-state index in [-0.39, 0.29) is 0 Å². The van der Waals surface area contributed by atoms with Crippen molar-refractivity contribution in [3.05, 3.63) is 30.1 Å². The molecule has 1 aromatic rings. The summed E-state index contributed by atoms with van der Waals surface area (Å²) in [5.74, 6) is 0.447. The van der Waals surface area contributed by atoms with Gasteiger partial charge in [0.15, 0.2) is 0 Å². The maximum Gasteiger partial charge on any atom is 0.282 e. The van der Waals surface area contributed by atoms with Crippen LogP contribution in [0.4, 0.5) is 0 Å². The van der Waals surface area contributed by atoms with Crippen molar-refractivity contribution in [1.82, 2.24) is 13.6 Å². The Morgan fingerprint density at radius 1 is 1.38 bits per heavy atom. The fourth-order valence-electron chi connectivity index (χ4n) is 2.57. The number of hydrogen-bond donors (Lipinski definition) is 1. The van der Waals surface area contributed by atoms with Gasteiger partial charge in [0.1, 0.15) is 0 Å². The molecule has 6 nitrogen and oxygen atoms in total. The van der Waals surface area contributed by atoms with E-state index < -0.39 is 10.2 Å². The molecule has 1 fully saturated rings. The summed E-state index contributed by atoms with van der Waals surface area (Å²) < 4.78 is 28.5. The smallest absolute Gasteiger partial charge is 0.282 e. The zero-order chi connectivity index (χ0) is 15.3. The lowest BCUT2D eigenvalue weighted by molar-refractivity contribution is 0.256. The van der Waals surface area contributed by atoms with Crippen LogP contribution in [0.25, 0.3) is 0 Å². The molecule has 1 aliphatic rings. The number of piperidine rings is 1. The molecule has 0 atom stereocenters. The summed E-state index contributed by atoms with van der Waals surface area (Å²) in [4.78, 5) is 4.21. The predicted octanol–water partition coefficient (Wildman–Crippen LogP) is 0.819. The molecule has 0 saturated carbocycles. The molecule has 2 rings (SSSR count). The maximum atomic E-state index is 12.7. The summed E-state index contributed by atoms with van der Waals surface area (Å²) in [7, 11) is -3.42. The third-order valence-electron chi connectivity index (χ3n) is 3.98. The monoisotopic (exact) mass is 312 g/mol. The Morgan fingerprint density at radius 2 is 2.10 bits per heavy atom. The molecule has 7 heteroatoms. The van der Waals surface area contributed by atoms with E-state index in [0.29, 0.717) is 38.6 Å². The zero-order valence-electron chi connectivity index (χ0n) is 12.5. The predicted molar refractivity (Wildman–Crippen MR) is 82.6 cm³/mol. The van der Waals surface area contributed by atoms with E-state index in [2.05, 4.69) is 4.98 Å². The summed E-state index contributed by atoms with van der Waals surface area (Å²) in [6.45, 7) is 4.37. The fraction of sp³-hybridized carbons (Fsp3) is 0.643. The van der Waals surface area contributed by atoms with Crippen LogP contribution >= 0.6 is 0 Å². The molecule has 0 unspecified atom stereocenters. The molecule has 118 valence electrons. The molecule has 0 bridgehead atoms. The van der Waals surface area contributed by atoms with Gasteiger partial charge in [-0.1, -0.05) is 13.0 Å². The molecule has 0 aromatic carbocycles. The van der Waals surface area contributed by atoms with Crippen molar-refractivity contribution in [2.24, 2.45) is 11.7 Å². The molecule has 0 spiro atoms. The van der Waals surface area contributed by atoms with E-state index in [1.807, 2.05) is 25.1 Å². The second-order valence-electron chi connectivity index (χ2n) is 5.33. The summed E-state index contributed by atoms with van der Waals surface area (Å²) in [5, 5.41) is 0. The first-order chi connectivity index (χ1) is 10.1. The summed E-state index contributed by atoms with van der Waals surface area (Å²) in [5.41, 5.74) is 6.42. The second-order valence-corrected chi connectivity index (χ2v) is 7.26. The van der Waals surface area contributed by atoms with Crippen molar-refractivity contribution < 1.29 is 8.42 Å². The van der Waals surface area contributed by atoms with Gasteiger partial charge in [0, 0.05) is 25.8 Å². The van der Waals surface area contributed by atoms with Gasteiger partial charge in [0.25, 0.3) is 10.2 Å². The quantitative estimate of drug-likeness (QED) is 0.843. The molecule has 0 aliphatic carbocycles. The van der Waals surface area contributed by atoms with Gasteiger partial charge in [-0.25, -0.2) is 0 Å². The van der Waals surface area contributed by atoms with Crippen molar-refractivity contribution in [2.75, 3.05) is 26.2 Å². The van der Waals surface area contributed by atoms with Crippen molar-refractivity contribution in [2.45, 2.75) is 26.3 Å². The molecule has 0 amide bonds. The lowest BCUT2D eigenvalue weighted by Gasteiger charge is -2.34. The van der Waals surface area contributed by atoms with Gasteiger partial charge < -0.3 is 5.73 Å². The van der Waals surface area contributed by atoms with Crippen LogP contribution in [-0.2, 0) is 16.8 Å². The molecule has 2 heterocycles. The first-order valence-corrected chi connectivity index (χ1v) is 8.82. The minimum Gasteiger partial charge on any atom is -0.330 e. The lowest BCUT2D eigenvalue weighted by atomic mass is 9.99. The average Bonchev–Trinajstić information content (AvgIpc) is 2.53. The maximum absolute atomic E-state index is 12.7. The number of nitrogens with two attached hydrogens (primary N) is 1. The topological polar surface area (TPSA) is 79.5 Å². The molecule has 1 saturated heterocycles. The standard InChI is InChI=1S/C14H24N4O2S/c1-2-17(12-14-5-3-4-8-16-14)21(19,20)18-9-6-13(11-15)7-10-18/h3-5,8,13H,2,6-7,9-12,15H2,1H3.